The number of hydrogen-bond acceptors (Lipinski definition) is 4. The largest absolute Gasteiger partial charge is 0.355 e. The predicted octanol–water partition coefficient (Wildman–Crippen LogP) is 5.34. The molecule has 3 rings (SSSR count). The molecule has 0 atom stereocenters. The fourth-order valence-corrected chi connectivity index (χ4v) is 4.82. The third-order valence-electron chi connectivity index (χ3n) is 5.34. The summed E-state index contributed by atoms with van der Waals surface area (Å²) in [5.74, 6) is 0.296. The average Bonchev–Trinajstić information content (AvgIpc) is 2.78. The summed E-state index contributed by atoms with van der Waals surface area (Å²) in [4.78, 5) is 37.1. The van der Waals surface area contributed by atoms with Crippen molar-refractivity contribution in [3.63, 3.8) is 0 Å². The molecule has 0 aliphatic heterocycles. The van der Waals surface area contributed by atoms with E-state index in [0.29, 0.717) is 27.9 Å². The Bertz CT molecular complexity index is 977. The fourth-order valence-electron chi connectivity index (χ4n) is 3.71. The van der Waals surface area contributed by atoms with Gasteiger partial charge in [0.25, 0.3) is 5.91 Å². The van der Waals surface area contributed by atoms with Gasteiger partial charge in [0.05, 0.1) is 22.0 Å². The third kappa shape index (κ3) is 7.28. The first-order valence-corrected chi connectivity index (χ1v) is 12.2. The van der Waals surface area contributed by atoms with Crippen molar-refractivity contribution in [2.24, 2.45) is 5.92 Å². The van der Waals surface area contributed by atoms with Crippen LogP contribution in [0.2, 0.25) is 5.02 Å². The molecule has 1 aliphatic carbocycles. The van der Waals surface area contributed by atoms with Crippen molar-refractivity contribution < 1.29 is 14.4 Å². The molecule has 1 aliphatic rings. The predicted molar refractivity (Wildman–Crippen MR) is 130 cm³/mol. The quantitative estimate of drug-likeness (QED) is 0.451. The molecule has 32 heavy (non-hydrogen) atoms. The summed E-state index contributed by atoms with van der Waals surface area (Å²) in [6.45, 7) is 2.14. The van der Waals surface area contributed by atoms with Crippen molar-refractivity contribution in [1.29, 1.82) is 0 Å². The second kappa shape index (κ2) is 11.9. The SMILES string of the molecule is CC(=O)Nc1ccc(NC(=O)c2ccccc2SCC(=O)NCC2CCCCC2)c(Cl)c1. The Labute approximate surface area is 197 Å². The Balaban J connectivity index is 1.57. The minimum Gasteiger partial charge on any atom is -0.355 e. The molecule has 1 saturated carbocycles. The number of hydrogen-bond donors (Lipinski definition) is 3. The van der Waals surface area contributed by atoms with Crippen LogP contribution in [0.4, 0.5) is 11.4 Å². The van der Waals surface area contributed by atoms with E-state index in [0.717, 1.165) is 11.4 Å². The van der Waals surface area contributed by atoms with E-state index in [1.165, 1.54) is 50.8 Å². The van der Waals surface area contributed by atoms with Crippen LogP contribution in [0, 0.1) is 5.92 Å². The van der Waals surface area contributed by atoms with Crippen molar-refractivity contribution in [2.45, 2.75) is 43.9 Å². The lowest BCUT2D eigenvalue weighted by Gasteiger charge is -2.21. The van der Waals surface area contributed by atoms with E-state index in [-0.39, 0.29) is 23.5 Å². The van der Waals surface area contributed by atoms with Gasteiger partial charge in [-0.05, 0) is 49.1 Å². The Morgan fingerprint density at radius 3 is 2.50 bits per heavy atom. The maximum absolute atomic E-state index is 12.9. The van der Waals surface area contributed by atoms with Gasteiger partial charge in [0, 0.05) is 24.1 Å². The van der Waals surface area contributed by atoms with E-state index in [1.54, 1.807) is 30.3 Å². The maximum Gasteiger partial charge on any atom is 0.256 e. The first-order valence-electron chi connectivity index (χ1n) is 10.8. The number of benzene rings is 2. The Kier molecular flexibility index (Phi) is 9.00. The van der Waals surface area contributed by atoms with Crippen molar-refractivity contribution in [3.05, 3.63) is 53.1 Å². The second-order valence-corrected chi connectivity index (χ2v) is 9.35. The van der Waals surface area contributed by atoms with Crippen molar-refractivity contribution in [3.8, 4) is 0 Å². The van der Waals surface area contributed by atoms with E-state index in [2.05, 4.69) is 16.0 Å². The minimum absolute atomic E-state index is 0.0209. The van der Waals surface area contributed by atoms with Crippen LogP contribution in [0.25, 0.3) is 0 Å². The molecule has 2 aromatic rings. The summed E-state index contributed by atoms with van der Waals surface area (Å²) >= 11 is 7.60. The number of nitrogens with one attached hydrogen (secondary N) is 3. The zero-order chi connectivity index (χ0) is 22.9. The van der Waals surface area contributed by atoms with Gasteiger partial charge in [-0.3, -0.25) is 14.4 Å². The number of anilines is 2. The molecule has 3 N–H and O–H groups in total. The van der Waals surface area contributed by atoms with Gasteiger partial charge < -0.3 is 16.0 Å². The number of rotatable bonds is 8. The van der Waals surface area contributed by atoms with E-state index in [4.69, 9.17) is 11.6 Å². The maximum atomic E-state index is 12.9. The molecule has 170 valence electrons. The van der Waals surface area contributed by atoms with Crippen LogP contribution in [0.15, 0.2) is 47.4 Å². The van der Waals surface area contributed by atoms with Gasteiger partial charge >= 0.3 is 0 Å². The van der Waals surface area contributed by atoms with Crippen LogP contribution < -0.4 is 16.0 Å². The first-order chi connectivity index (χ1) is 15.4. The van der Waals surface area contributed by atoms with Gasteiger partial charge in [0.2, 0.25) is 11.8 Å². The van der Waals surface area contributed by atoms with Gasteiger partial charge in [-0.1, -0.05) is 43.0 Å². The Hall–Kier alpha value is -2.51. The second-order valence-electron chi connectivity index (χ2n) is 7.92. The standard InChI is InChI=1S/C24H28ClN3O3S/c1-16(29)27-18-11-12-21(20(25)13-18)28-24(31)19-9-5-6-10-22(19)32-15-23(30)26-14-17-7-3-2-4-8-17/h5-6,9-13,17H,2-4,7-8,14-15H2,1H3,(H,26,30)(H,27,29)(H,28,31). The van der Waals surface area contributed by atoms with Gasteiger partial charge in [-0.2, -0.15) is 0 Å². The van der Waals surface area contributed by atoms with E-state index in [1.807, 2.05) is 12.1 Å². The molecular weight excluding hydrogens is 446 g/mol. The van der Waals surface area contributed by atoms with Crippen LogP contribution in [-0.2, 0) is 9.59 Å². The molecule has 0 unspecified atom stereocenters. The van der Waals surface area contributed by atoms with Gasteiger partial charge in [-0.15, -0.1) is 11.8 Å². The van der Waals surface area contributed by atoms with Crippen molar-refractivity contribution in [2.75, 3.05) is 22.9 Å². The highest BCUT2D eigenvalue weighted by Crippen LogP contribution is 2.28. The molecule has 0 aromatic heterocycles. The monoisotopic (exact) mass is 473 g/mol. The lowest BCUT2D eigenvalue weighted by molar-refractivity contribution is -0.118. The van der Waals surface area contributed by atoms with Crippen LogP contribution >= 0.6 is 23.4 Å². The summed E-state index contributed by atoms with van der Waals surface area (Å²) in [5, 5.41) is 8.80. The van der Waals surface area contributed by atoms with Crippen LogP contribution in [-0.4, -0.2) is 30.0 Å². The zero-order valence-electron chi connectivity index (χ0n) is 18.1. The molecule has 0 bridgehead atoms. The van der Waals surface area contributed by atoms with Gasteiger partial charge in [0.15, 0.2) is 0 Å². The summed E-state index contributed by atoms with van der Waals surface area (Å²) < 4.78 is 0. The lowest BCUT2D eigenvalue weighted by atomic mass is 9.89. The number of halogens is 1. The van der Waals surface area contributed by atoms with Gasteiger partial charge in [0.1, 0.15) is 0 Å². The topological polar surface area (TPSA) is 87.3 Å². The molecular formula is C24H28ClN3O3S. The van der Waals surface area contributed by atoms with Crippen LogP contribution in [0.5, 0.6) is 0 Å². The summed E-state index contributed by atoms with van der Waals surface area (Å²) in [6, 6.07) is 12.1. The molecule has 6 nitrogen and oxygen atoms in total. The van der Waals surface area contributed by atoms with E-state index < -0.39 is 0 Å². The number of thioether (sulfide) groups is 1. The van der Waals surface area contributed by atoms with E-state index >= 15 is 0 Å². The summed E-state index contributed by atoms with van der Waals surface area (Å²) in [7, 11) is 0. The Morgan fingerprint density at radius 1 is 1.03 bits per heavy atom. The number of carbonyl (C=O) groups is 3. The fraction of sp³-hybridized carbons (Fsp3) is 0.375. The average molecular weight is 474 g/mol. The highest BCUT2D eigenvalue weighted by molar-refractivity contribution is 8.00. The first kappa shape index (κ1) is 24.1. The molecule has 0 heterocycles. The number of amides is 3. The lowest BCUT2D eigenvalue weighted by Crippen LogP contribution is -2.31. The smallest absolute Gasteiger partial charge is 0.256 e. The molecule has 8 heteroatoms. The molecule has 2 aromatic carbocycles. The molecule has 1 fully saturated rings. The summed E-state index contributed by atoms with van der Waals surface area (Å²) in [5.41, 5.74) is 1.46. The normalized spacial score (nSPS) is 13.9. The zero-order valence-corrected chi connectivity index (χ0v) is 19.7. The molecule has 0 spiro atoms. The van der Waals surface area contributed by atoms with E-state index in [9.17, 15) is 14.4 Å². The Morgan fingerprint density at radius 2 is 1.78 bits per heavy atom. The van der Waals surface area contributed by atoms with Crippen LogP contribution in [0.1, 0.15) is 49.4 Å². The van der Waals surface area contributed by atoms with Gasteiger partial charge in [-0.25, -0.2) is 0 Å². The number of carbonyl (C=O) groups excluding carboxylic acids is 3. The van der Waals surface area contributed by atoms with Crippen LogP contribution in [0.3, 0.4) is 0 Å². The highest BCUT2D eigenvalue weighted by Gasteiger charge is 2.16. The minimum atomic E-state index is -0.315. The van der Waals surface area contributed by atoms with Crippen molar-refractivity contribution >= 4 is 52.5 Å². The molecule has 3 amide bonds. The molecule has 0 radical (unpaired) electrons. The third-order valence-corrected chi connectivity index (χ3v) is 6.73. The summed E-state index contributed by atoms with van der Waals surface area (Å²) in [6.07, 6.45) is 6.16. The highest BCUT2D eigenvalue weighted by atomic mass is 35.5. The molecule has 0 saturated heterocycles. The van der Waals surface area contributed by atoms with Crippen molar-refractivity contribution in [1.82, 2.24) is 5.32 Å².